The smallest absolute Gasteiger partial charge is 0.192 e. The Balaban J connectivity index is 1.55. The number of methoxy groups -OCH3 is 1. The summed E-state index contributed by atoms with van der Waals surface area (Å²) in [6.07, 6.45) is 7.41. The van der Waals surface area contributed by atoms with E-state index in [2.05, 4.69) is 54.6 Å². The molecular weight excluding hydrogens is 444 g/mol. The van der Waals surface area contributed by atoms with Crippen LogP contribution in [0.1, 0.15) is 86.5 Å². The molecule has 0 aromatic heterocycles. The van der Waals surface area contributed by atoms with Crippen molar-refractivity contribution in [3.8, 4) is 0 Å². The molecule has 4 unspecified atom stereocenters. The highest BCUT2D eigenvalue weighted by Gasteiger charge is 2.72. The van der Waals surface area contributed by atoms with E-state index in [4.69, 9.17) is 18.6 Å². The van der Waals surface area contributed by atoms with Gasteiger partial charge in [-0.15, -0.1) is 0 Å². The summed E-state index contributed by atoms with van der Waals surface area (Å²) in [5, 5.41) is 12.1. The van der Waals surface area contributed by atoms with Gasteiger partial charge in [-0.2, -0.15) is 0 Å². The molecule has 1 aliphatic heterocycles. The zero-order valence-electron chi connectivity index (χ0n) is 23.1. The van der Waals surface area contributed by atoms with E-state index in [9.17, 15) is 5.11 Å². The number of hydrogen-bond acceptors (Lipinski definition) is 5. The van der Waals surface area contributed by atoms with Gasteiger partial charge in [-0.1, -0.05) is 40.5 Å². The van der Waals surface area contributed by atoms with Crippen LogP contribution in [0.5, 0.6) is 0 Å². The van der Waals surface area contributed by atoms with Gasteiger partial charge in [0, 0.05) is 13.5 Å². The van der Waals surface area contributed by atoms with Crippen LogP contribution in [0, 0.1) is 29.1 Å². The first-order valence-corrected chi connectivity index (χ1v) is 16.8. The monoisotopic (exact) mass is 494 g/mol. The maximum atomic E-state index is 12.0. The first-order valence-electron chi connectivity index (χ1n) is 13.9. The van der Waals surface area contributed by atoms with Crippen molar-refractivity contribution in [2.45, 2.75) is 140 Å². The fourth-order valence-electron chi connectivity index (χ4n) is 8.95. The second-order valence-electron chi connectivity index (χ2n) is 14.5. The lowest BCUT2D eigenvalue weighted by molar-refractivity contribution is -0.248. The molecule has 5 nitrogen and oxygen atoms in total. The van der Waals surface area contributed by atoms with Crippen molar-refractivity contribution in [3.63, 3.8) is 0 Å². The van der Waals surface area contributed by atoms with Gasteiger partial charge < -0.3 is 23.7 Å². The summed E-state index contributed by atoms with van der Waals surface area (Å²) in [4.78, 5) is 0. The number of rotatable bonds is 3. The van der Waals surface area contributed by atoms with E-state index in [-0.39, 0.29) is 40.6 Å². The number of ether oxygens (including phenoxy) is 3. The van der Waals surface area contributed by atoms with Crippen LogP contribution in [0.15, 0.2) is 0 Å². The molecule has 1 heterocycles. The van der Waals surface area contributed by atoms with Crippen LogP contribution < -0.4 is 0 Å². The third-order valence-electron chi connectivity index (χ3n) is 11.4. The van der Waals surface area contributed by atoms with Crippen molar-refractivity contribution in [2.75, 3.05) is 7.11 Å². The second kappa shape index (κ2) is 8.01. The molecule has 0 aromatic carbocycles. The molecule has 4 saturated carbocycles. The fourth-order valence-corrected chi connectivity index (χ4v) is 10.3. The highest BCUT2D eigenvalue weighted by Crippen LogP contribution is 2.67. The Kier molecular flexibility index (Phi) is 6.04. The van der Waals surface area contributed by atoms with Gasteiger partial charge in [-0.25, -0.2) is 0 Å². The van der Waals surface area contributed by atoms with Crippen molar-refractivity contribution in [2.24, 2.45) is 29.1 Å². The molecule has 34 heavy (non-hydrogen) atoms. The van der Waals surface area contributed by atoms with Crippen LogP contribution in [0.4, 0.5) is 0 Å². The molecule has 4 aliphatic carbocycles. The summed E-state index contributed by atoms with van der Waals surface area (Å²) in [6, 6.07) is 0. The Morgan fingerprint density at radius 1 is 0.941 bits per heavy atom. The van der Waals surface area contributed by atoms with Crippen LogP contribution in [0.2, 0.25) is 18.1 Å². The average Bonchev–Trinajstić information content (AvgIpc) is 3.23. The maximum Gasteiger partial charge on any atom is 0.192 e. The Morgan fingerprint density at radius 2 is 1.62 bits per heavy atom. The summed E-state index contributed by atoms with van der Waals surface area (Å²) in [5.41, 5.74) is -0.361. The van der Waals surface area contributed by atoms with Crippen LogP contribution in [-0.2, 0) is 18.6 Å². The first-order chi connectivity index (χ1) is 15.7. The van der Waals surface area contributed by atoms with Crippen molar-refractivity contribution >= 4 is 8.32 Å². The average molecular weight is 495 g/mol. The zero-order chi connectivity index (χ0) is 24.9. The number of aliphatic hydroxyl groups is 1. The Bertz CT molecular complexity index is 792. The molecule has 0 radical (unpaired) electrons. The van der Waals surface area contributed by atoms with E-state index in [1.54, 1.807) is 0 Å². The normalized spacial score (nSPS) is 50.3. The predicted octanol–water partition coefficient (Wildman–Crippen LogP) is 5.90. The van der Waals surface area contributed by atoms with Crippen molar-refractivity contribution in [3.05, 3.63) is 0 Å². The fraction of sp³-hybridized carbons (Fsp3) is 1.00. The third kappa shape index (κ3) is 3.56. The lowest BCUT2D eigenvalue weighted by Gasteiger charge is -2.64. The van der Waals surface area contributed by atoms with Gasteiger partial charge in [-0.05, 0) is 86.7 Å². The van der Waals surface area contributed by atoms with Crippen LogP contribution in [0.3, 0.4) is 0 Å². The van der Waals surface area contributed by atoms with E-state index in [0.717, 1.165) is 12.8 Å². The number of aliphatic hydroxyl groups excluding tert-OH is 1. The summed E-state index contributed by atoms with van der Waals surface area (Å²) >= 11 is 0. The van der Waals surface area contributed by atoms with Gasteiger partial charge in [0.15, 0.2) is 14.1 Å². The van der Waals surface area contributed by atoms with E-state index < -0.39 is 25.8 Å². The second-order valence-corrected chi connectivity index (χ2v) is 19.3. The Hall–Kier alpha value is 0.0169. The molecule has 10 atom stereocenters. The SMILES string of the molecule is CO[C@]12C[C@H](O)C3C(C1CC[C@@H]2O[Si](C)(C)C(C)(C)C)[C@H]1OC(C)(C)O[C@@H]1C1CCCC[C@@]13C. The molecule has 1 N–H and O–H groups in total. The molecule has 5 rings (SSSR count). The van der Waals surface area contributed by atoms with E-state index in [1.165, 1.54) is 25.7 Å². The summed E-state index contributed by atoms with van der Waals surface area (Å²) in [5.74, 6) is 0.681. The van der Waals surface area contributed by atoms with E-state index >= 15 is 0 Å². The highest BCUT2D eigenvalue weighted by atomic mass is 28.4. The van der Waals surface area contributed by atoms with Crippen molar-refractivity contribution < 1.29 is 23.7 Å². The van der Waals surface area contributed by atoms with Crippen LogP contribution >= 0.6 is 0 Å². The number of hydrogen-bond donors (Lipinski definition) is 1. The zero-order valence-corrected chi connectivity index (χ0v) is 24.1. The van der Waals surface area contributed by atoms with Crippen molar-refractivity contribution in [1.29, 1.82) is 0 Å². The minimum absolute atomic E-state index is 0.0253. The first kappa shape index (κ1) is 25.7. The van der Waals surface area contributed by atoms with Gasteiger partial charge in [0.1, 0.15) is 0 Å². The molecule has 5 fully saturated rings. The molecule has 196 valence electrons. The van der Waals surface area contributed by atoms with Gasteiger partial charge in [-0.3, -0.25) is 0 Å². The van der Waals surface area contributed by atoms with Crippen LogP contribution in [0.25, 0.3) is 0 Å². The molecule has 0 amide bonds. The summed E-state index contributed by atoms with van der Waals surface area (Å²) in [7, 11) is -0.129. The number of fused-ring (bicyclic) bond motifs is 8. The van der Waals surface area contributed by atoms with E-state index in [0.29, 0.717) is 18.3 Å². The molecule has 1 saturated heterocycles. The molecule has 0 spiro atoms. The van der Waals surface area contributed by atoms with Gasteiger partial charge in [0.05, 0.1) is 30.0 Å². The molecule has 0 bridgehead atoms. The summed E-state index contributed by atoms with van der Waals surface area (Å²) in [6.45, 7) is 18.2. The minimum Gasteiger partial charge on any atom is -0.411 e. The molecule has 6 heteroatoms. The quantitative estimate of drug-likeness (QED) is 0.495. The van der Waals surface area contributed by atoms with E-state index in [1.807, 2.05) is 7.11 Å². The largest absolute Gasteiger partial charge is 0.411 e. The Morgan fingerprint density at radius 3 is 2.26 bits per heavy atom. The minimum atomic E-state index is -1.99. The summed E-state index contributed by atoms with van der Waals surface area (Å²) < 4.78 is 27.0. The van der Waals surface area contributed by atoms with Gasteiger partial charge in [0.25, 0.3) is 0 Å². The maximum absolute atomic E-state index is 12.0. The highest BCUT2D eigenvalue weighted by molar-refractivity contribution is 6.74. The topological polar surface area (TPSA) is 57.2 Å². The van der Waals surface area contributed by atoms with Gasteiger partial charge >= 0.3 is 0 Å². The van der Waals surface area contributed by atoms with Crippen molar-refractivity contribution in [1.82, 2.24) is 0 Å². The predicted molar refractivity (Wildman–Crippen MR) is 136 cm³/mol. The lowest BCUT2D eigenvalue weighted by atomic mass is 9.44. The lowest BCUT2D eigenvalue weighted by Crippen LogP contribution is -2.69. The third-order valence-corrected chi connectivity index (χ3v) is 15.9. The Labute approximate surface area is 208 Å². The molecule has 0 aromatic rings. The molecular formula is C28H50O5Si. The van der Waals surface area contributed by atoms with Gasteiger partial charge in [0.2, 0.25) is 0 Å². The standard InChI is InChI=1S/C28H50O5Si/c1-25(2,3)34(8,9)33-20-14-13-17-21-22(19(29)16-28(17,20)30-7)27(6)15-11-10-12-18(27)23-24(21)32-26(4,5)31-23/h17-24,29H,10-16H2,1-9H3/t17?,18?,19-,20-,21?,22?,23+,24+,27-,28+/m0/s1. The van der Waals surface area contributed by atoms with Crippen LogP contribution in [-0.4, -0.2) is 56.3 Å². The molecule has 5 aliphatic rings.